The minimum atomic E-state index is -4.82. The van der Waals surface area contributed by atoms with Gasteiger partial charge in [-0.1, -0.05) is 0 Å². The standard InChI is InChI=1S/C31H35F6N9O3S/c1-17(39)43-21-12-18(30(32,33)34)13-23(16-21)49-22-7-5-20(6-8-22)44-29(48)46-25-15-19(31(35,36)37)14-24(27(25)50-11-9-38)45-26(47)4-2-3-10-42-28(40)41/h5-8,12-16H,2-4,9-11,38H2,1H3,(H2,39,43)(H,45,47)(H4,40,41,42)(H2,44,46,48). The van der Waals surface area contributed by atoms with Crippen molar-refractivity contribution in [2.75, 3.05) is 34.8 Å². The highest BCUT2D eigenvalue weighted by molar-refractivity contribution is 7.99. The van der Waals surface area contributed by atoms with Crippen LogP contribution in [-0.2, 0) is 17.1 Å². The number of ether oxygens (including phenoxy) is 1. The Morgan fingerprint density at radius 1 is 0.820 bits per heavy atom. The summed E-state index contributed by atoms with van der Waals surface area (Å²) in [7, 11) is 0. The van der Waals surface area contributed by atoms with Crippen LogP contribution < -0.4 is 43.6 Å². The van der Waals surface area contributed by atoms with Crippen LogP contribution in [0, 0.1) is 0 Å². The summed E-state index contributed by atoms with van der Waals surface area (Å²) in [6.45, 7) is 1.83. The number of carbonyl (C=O) groups excluding carboxylic acids is 2. The Balaban J connectivity index is 1.80. The first kappa shape index (κ1) is 39.3. The van der Waals surface area contributed by atoms with E-state index in [4.69, 9.17) is 27.7 Å². The zero-order valence-electron chi connectivity index (χ0n) is 26.5. The second-order valence-corrected chi connectivity index (χ2v) is 11.6. The molecule has 3 rings (SSSR count). The van der Waals surface area contributed by atoms with Gasteiger partial charge >= 0.3 is 18.4 Å². The van der Waals surface area contributed by atoms with Crippen molar-refractivity contribution in [3.05, 3.63) is 65.7 Å². The third kappa shape index (κ3) is 12.7. The predicted octanol–water partition coefficient (Wildman–Crippen LogP) is 6.60. The van der Waals surface area contributed by atoms with Gasteiger partial charge in [-0.3, -0.25) is 9.79 Å². The molecule has 0 unspecified atom stereocenters. The van der Waals surface area contributed by atoms with Crippen LogP contribution in [0.15, 0.2) is 69.5 Å². The molecule has 11 N–H and O–H groups in total. The third-order valence-corrected chi connectivity index (χ3v) is 7.45. The monoisotopic (exact) mass is 727 g/mol. The molecule has 50 heavy (non-hydrogen) atoms. The molecule has 0 saturated heterocycles. The van der Waals surface area contributed by atoms with E-state index in [1.807, 2.05) is 0 Å². The number of nitrogens with zero attached hydrogens (tertiary/aromatic N) is 2. The highest BCUT2D eigenvalue weighted by Gasteiger charge is 2.33. The molecule has 0 atom stereocenters. The normalized spacial score (nSPS) is 11.9. The number of guanidine groups is 1. The molecule has 0 heterocycles. The van der Waals surface area contributed by atoms with E-state index in [0.29, 0.717) is 12.8 Å². The van der Waals surface area contributed by atoms with Gasteiger partial charge in [0.25, 0.3) is 0 Å². The number of rotatable bonds is 14. The Morgan fingerprint density at radius 2 is 1.44 bits per heavy atom. The van der Waals surface area contributed by atoms with Crippen LogP contribution in [0.1, 0.15) is 37.3 Å². The molecular weight excluding hydrogens is 692 g/mol. The van der Waals surface area contributed by atoms with E-state index in [9.17, 15) is 35.9 Å². The molecule has 270 valence electrons. The lowest BCUT2D eigenvalue weighted by atomic mass is 10.1. The summed E-state index contributed by atoms with van der Waals surface area (Å²) in [5, 5.41) is 7.37. The molecule has 3 aromatic rings. The number of benzene rings is 3. The van der Waals surface area contributed by atoms with Crippen molar-refractivity contribution in [1.29, 1.82) is 0 Å². The van der Waals surface area contributed by atoms with Crippen molar-refractivity contribution in [2.45, 2.75) is 43.4 Å². The van der Waals surface area contributed by atoms with Crippen LogP contribution in [0.2, 0.25) is 0 Å². The van der Waals surface area contributed by atoms with Gasteiger partial charge in [0, 0.05) is 37.0 Å². The fraction of sp³-hybridized carbons (Fsp3) is 0.290. The Kier molecular flexibility index (Phi) is 13.7. The molecule has 3 amide bonds. The second-order valence-electron chi connectivity index (χ2n) is 10.5. The molecule has 12 nitrogen and oxygen atoms in total. The van der Waals surface area contributed by atoms with Gasteiger partial charge in [0.2, 0.25) is 5.91 Å². The fourth-order valence-corrected chi connectivity index (χ4v) is 5.07. The molecule has 0 aliphatic heterocycles. The van der Waals surface area contributed by atoms with E-state index >= 15 is 0 Å². The molecule has 0 spiro atoms. The molecular formula is C31H35F6N9O3S. The molecule has 19 heteroatoms. The number of amides is 3. The van der Waals surface area contributed by atoms with E-state index in [1.54, 1.807) is 0 Å². The van der Waals surface area contributed by atoms with Crippen molar-refractivity contribution in [3.8, 4) is 11.5 Å². The molecule has 0 radical (unpaired) electrons. The SMILES string of the molecule is CC(N)=Nc1cc(Oc2ccc(NC(=O)Nc3cc(C(F)(F)F)cc(NC(=O)CCCCN=C(N)N)c3SCCN)cc2)cc(C(F)(F)F)c1. The highest BCUT2D eigenvalue weighted by atomic mass is 32.2. The summed E-state index contributed by atoms with van der Waals surface area (Å²) in [6, 6.07) is 8.86. The minimum absolute atomic E-state index is 0.0313. The van der Waals surface area contributed by atoms with Crippen LogP contribution >= 0.6 is 11.8 Å². The highest BCUT2D eigenvalue weighted by Crippen LogP contribution is 2.41. The Labute approximate surface area is 287 Å². The van der Waals surface area contributed by atoms with Gasteiger partial charge in [-0.15, -0.1) is 11.8 Å². The van der Waals surface area contributed by atoms with Gasteiger partial charge in [-0.2, -0.15) is 26.3 Å². The lowest BCUT2D eigenvalue weighted by Gasteiger charge is -2.19. The van der Waals surface area contributed by atoms with Gasteiger partial charge in [0.15, 0.2) is 5.96 Å². The molecule has 0 aromatic heterocycles. The topological polar surface area (TPSA) is 208 Å². The lowest BCUT2D eigenvalue weighted by molar-refractivity contribution is -0.138. The number of thioether (sulfide) groups is 1. The number of urea groups is 1. The number of halogens is 6. The lowest BCUT2D eigenvalue weighted by Crippen LogP contribution is -2.23. The summed E-state index contributed by atoms with van der Waals surface area (Å²) in [5.74, 6) is -0.468. The quantitative estimate of drug-likeness (QED) is 0.0316. The van der Waals surface area contributed by atoms with E-state index in [2.05, 4.69) is 25.9 Å². The zero-order valence-corrected chi connectivity index (χ0v) is 27.4. The van der Waals surface area contributed by atoms with Gasteiger partial charge in [-0.25, -0.2) is 9.79 Å². The maximum atomic E-state index is 13.9. The molecule has 0 aliphatic rings. The van der Waals surface area contributed by atoms with Crippen LogP contribution in [0.25, 0.3) is 0 Å². The van der Waals surface area contributed by atoms with E-state index in [0.717, 1.165) is 36.0 Å². The van der Waals surface area contributed by atoms with E-state index < -0.39 is 35.4 Å². The number of hydrogen-bond acceptors (Lipinski definition) is 7. The molecule has 0 bridgehead atoms. The fourth-order valence-electron chi connectivity index (χ4n) is 4.21. The van der Waals surface area contributed by atoms with Crippen molar-refractivity contribution >= 4 is 58.2 Å². The first-order valence-corrected chi connectivity index (χ1v) is 15.8. The summed E-state index contributed by atoms with van der Waals surface area (Å²) < 4.78 is 87.5. The summed E-state index contributed by atoms with van der Waals surface area (Å²) in [5.41, 5.74) is 19.2. The Bertz CT molecular complexity index is 1710. The van der Waals surface area contributed by atoms with Crippen molar-refractivity contribution in [2.24, 2.45) is 32.9 Å². The smallest absolute Gasteiger partial charge is 0.416 e. The number of nitrogens with one attached hydrogen (secondary N) is 3. The number of unbranched alkanes of at least 4 members (excludes halogenated alkanes) is 1. The maximum absolute atomic E-state index is 13.9. The van der Waals surface area contributed by atoms with E-state index in [1.165, 1.54) is 37.3 Å². The number of alkyl halides is 6. The summed E-state index contributed by atoms with van der Waals surface area (Å²) >= 11 is 1.03. The molecule has 0 fully saturated rings. The van der Waals surface area contributed by atoms with Gasteiger partial charge in [-0.05, 0) is 68.3 Å². The van der Waals surface area contributed by atoms with Crippen LogP contribution in [0.3, 0.4) is 0 Å². The first-order chi connectivity index (χ1) is 23.4. The number of anilines is 3. The van der Waals surface area contributed by atoms with Gasteiger partial charge < -0.3 is 43.6 Å². The maximum Gasteiger partial charge on any atom is 0.416 e. The number of amidine groups is 1. The Hall–Kier alpha value is -5.17. The average molecular weight is 728 g/mol. The second kappa shape index (κ2) is 17.5. The van der Waals surface area contributed by atoms with Crippen molar-refractivity contribution < 1.29 is 40.7 Å². The largest absolute Gasteiger partial charge is 0.457 e. The molecule has 3 aromatic carbocycles. The summed E-state index contributed by atoms with van der Waals surface area (Å²) in [6.07, 6.45) is -8.73. The van der Waals surface area contributed by atoms with Crippen LogP contribution in [-0.4, -0.2) is 42.6 Å². The Morgan fingerprint density at radius 3 is 2.02 bits per heavy atom. The average Bonchev–Trinajstić information content (AvgIpc) is 3.00. The number of aliphatic imine (C=N–C) groups is 2. The molecule has 0 aliphatic carbocycles. The first-order valence-electron chi connectivity index (χ1n) is 14.8. The van der Waals surface area contributed by atoms with Crippen LogP contribution in [0.5, 0.6) is 11.5 Å². The number of carbonyl (C=O) groups is 2. The minimum Gasteiger partial charge on any atom is -0.457 e. The van der Waals surface area contributed by atoms with Crippen molar-refractivity contribution in [1.82, 2.24) is 0 Å². The van der Waals surface area contributed by atoms with Crippen molar-refractivity contribution in [3.63, 3.8) is 0 Å². The van der Waals surface area contributed by atoms with Gasteiger partial charge in [0.1, 0.15) is 11.5 Å². The number of hydrogen-bond donors (Lipinski definition) is 7. The van der Waals surface area contributed by atoms with Gasteiger partial charge in [0.05, 0.1) is 38.9 Å². The molecule has 0 saturated carbocycles. The zero-order chi connectivity index (χ0) is 37.1. The third-order valence-electron chi connectivity index (χ3n) is 6.28. The summed E-state index contributed by atoms with van der Waals surface area (Å²) in [4.78, 5) is 33.4. The van der Waals surface area contributed by atoms with Crippen LogP contribution in [0.4, 0.5) is 53.9 Å². The number of nitrogens with two attached hydrogens (primary N) is 4. The van der Waals surface area contributed by atoms with E-state index in [-0.39, 0.29) is 76.2 Å². The predicted molar refractivity (Wildman–Crippen MR) is 182 cm³/mol.